The van der Waals surface area contributed by atoms with Crippen LogP contribution in [-0.4, -0.2) is 47.2 Å². The van der Waals surface area contributed by atoms with E-state index in [2.05, 4.69) is 15.5 Å². The van der Waals surface area contributed by atoms with Crippen LogP contribution in [0.25, 0.3) is 0 Å². The zero-order valence-corrected chi connectivity index (χ0v) is 18.7. The number of nitrogens with zero attached hydrogens (tertiary/aromatic N) is 4. The average molecular weight is 464 g/mol. The maximum absolute atomic E-state index is 12.9. The molecule has 2 amide bonds. The molecule has 2 aliphatic rings. The number of halogens is 1. The lowest BCUT2D eigenvalue weighted by molar-refractivity contribution is -0.118. The number of benzene rings is 1. The van der Waals surface area contributed by atoms with E-state index < -0.39 is 15.7 Å². The molecule has 164 valence electrons. The summed E-state index contributed by atoms with van der Waals surface area (Å²) < 4.78 is 25.3. The van der Waals surface area contributed by atoms with Gasteiger partial charge in [-0.2, -0.15) is 10.2 Å². The number of hydrogen-bond donors (Lipinski definition) is 1. The van der Waals surface area contributed by atoms with Gasteiger partial charge in [-0.1, -0.05) is 17.7 Å². The average Bonchev–Trinajstić information content (AvgIpc) is 3.25. The van der Waals surface area contributed by atoms with E-state index in [1.165, 1.54) is 5.01 Å². The van der Waals surface area contributed by atoms with E-state index in [1.54, 1.807) is 35.9 Å². The monoisotopic (exact) mass is 463 g/mol. The van der Waals surface area contributed by atoms with Crippen molar-refractivity contribution in [2.45, 2.75) is 39.2 Å². The van der Waals surface area contributed by atoms with Crippen LogP contribution < -0.4 is 10.3 Å². The number of amides is 2. The Hall–Kier alpha value is -2.72. The van der Waals surface area contributed by atoms with Crippen molar-refractivity contribution in [1.29, 1.82) is 0 Å². The van der Waals surface area contributed by atoms with Crippen LogP contribution in [0.2, 0.25) is 5.02 Å². The number of carbonyl (C=O) groups excluding carboxylic acids is 2. The molecule has 1 aromatic heterocycles. The fourth-order valence-electron chi connectivity index (χ4n) is 3.68. The molecule has 0 unspecified atom stereocenters. The lowest BCUT2D eigenvalue weighted by Gasteiger charge is -2.23. The summed E-state index contributed by atoms with van der Waals surface area (Å²) in [5.74, 6) is -0.179. The summed E-state index contributed by atoms with van der Waals surface area (Å²) >= 11 is 6.17. The van der Waals surface area contributed by atoms with Gasteiger partial charge in [0.15, 0.2) is 9.84 Å². The van der Waals surface area contributed by atoms with Crippen LogP contribution in [0, 0.1) is 13.8 Å². The number of anilines is 2. The molecule has 0 spiro atoms. The molecule has 9 nitrogen and oxygen atoms in total. The van der Waals surface area contributed by atoms with Gasteiger partial charge in [0.1, 0.15) is 11.5 Å². The standard InChI is InChI=1S/C20H22ClN5O4S/c1-12-3-4-14(10-16(12)21)26-19(27)6-5-17(24-26)20(28)22-18-9-13(2)23-25(18)15-7-8-31(29,30)11-15/h3-4,9-10,15H,5-8,11H2,1-2H3,(H,22,28)/t15-/m0/s1. The van der Waals surface area contributed by atoms with Crippen LogP contribution in [0.4, 0.5) is 11.5 Å². The molecule has 2 aromatic rings. The van der Waals surface area contributed by atoms with Gasteiger partial charge in [-0.25, -0.2) is 18.1 Å². The lowest BCUT2D eigenvalue weighted by atomic mass is 10.1. The molecule has 1 N–H and O–H groups in total. The van der Waals surface area contributed by atoms with Crippen LogP contribution in [0.15, 0.2) is 29.4 Å². The highest BCUT2D eigenvalue weighted by atomic mass is 35.5. The van der Waals surface area contributed by atoms with Gasteiger partial charge in [0.25, 0.3) is 5.91 Å². The second kappa shape index (κ2) is 8.08. The van der Waals surface area contributed by atoms with Gasteiger partial charge < -0.3 is 5.32 Å². The maximum atomic E-state index is 12.9. The molecule has 0 aliphatic carbocycles. The number of nitrogens with one attached hydrogen (secondary N) is 1. The first-order chi connectivity index (χ1) is 14.6. The molecular weight excluding hydrogens is 442 g/mol. The Bertz CT molecular complexity index is 1200. The van der Waals surface area contributed by atoms with E-state index in [4.69, 9.17) is 11.6 Å². The molecule has 1 saturated heterocycles. The Morgan fingerprint density at radius 3 is 2.68 bits per heavy atom. The predicted molar refractivity (Wildman–Crippen MR) is 118 cm³/mol. The lowest BCUT2D eigenvalue weighted by Crippen LogP contribution is -2.36. The molecule has 2 aliphatic heterocycles. The number of rotatable bonds is 4. The highest BCUT2D eigenvalue weighted by Gasteiger charge is 2.32. The van der Waals surface area contributed by atoms with Gasteiger partial charge in [-0.05, 0) is 38.0 Å². The summed E-state index contributed by atoms with van der Waals surface area (Å²) in [5.41, 5.74) is 2.22. The Labute approximate surface area is 185 Å². The summed E-state index contributed by atoms with van der Waals surface area (Å²) in [6, 6.07) is 6.51. The van der Waals surface area contributed by atoms with Crippen molar-refractivity contribution in [1.82, 2.24) is 9.78 Å². The second-order valence-electron chi connectivity index (χ2n) is 7.81. The SMILES string of the molecule is Cc1cc(NC(=O)C2=NN(c3ccc(C)c(Cl)c3)C(=O)CC2)n([C@H]2CCS(=O)(=O)C2)n1. The number of hydrogen-bond acceptors (Lipinski definition) is 6. The topological polar surface area (TPSA) is 114 Å². The van der Waals surface area contributed by atoms with Crippen LogP contribution in [0.1, 0.15) is 36.6 Å². The number of carbonyl (C=O) groups is 2. The summed E-state index contributed by atoms with van der Waals surface area (Å²) in [5, 5.41) is 13.1. The van der Waals surface area contributed by atoms with Gasteiger partial charge in [0.2, 0.25) is 5.91 Å². The fraction of sp³-hybridized carbons (Fsp3) is 0.400. The third-order valence-corrected chi connectivity index (χ3v) is 7.51. The number of aryl methyl sites for hydroxylation is 2. The number of aromatic nitrogens is 2. The minimum atomic E-state index is -3.10. The summed E-state index contributed by atoms with van der Waals surface area (Å²) in [7, 11) is -3.10. The van der Waals surface area contributed by atoms with E-state index in [9.17, 15) is 18.0 Å². The summed E-state index contributed by atoms with van der Waals surface area (Å²) in [4.78, 5) is 25.3. The van der Waals surface area contributed by atoms with Crippen LogP contribution in [-0.2, 0) is 19.4 Å². The minimum Gasteiger partial charge on any atom is -0.306 e. The third kappa shape index (κ3) is 4.49. The fourth-order valence-corrected chi connectivity index (χ4v) is 5.54. The van der Waals surface area contributed by atoms with Crippen molar-refractivity contribution >= 4 is 50.5 Å². The Morgan fingerprint density at radius 2 is 2.00 bits per heavy atom. The maximum Gasteiger partial charge on any atom is 0.273 e. The Balaban J connectivity index is 1.57. The van der Waals surface area contributed by atoms with Crippen molar-refractivity contribution in [2.75, 3.05) is 21.8 Å². The van der Waals surface area contributed by atoms with E-state index in [0.717, 1.165) is 5.56 Å². The third-order valence-electron chi connectivity index (χ3n) is 5.35. The molecule has 3 heterocycles. The van der Waals surface area contributed by atoms with Crippen LogP contribution in [0.3, 0.4) is 0 Å². The van der Waals surface area contributed by atoms with Gasteiger partial charge in [-0.3, -0.25) is 9.59 Å². The summed E-state index contributed by atoms with van der Waals surface area (Å²) in [6.45, 7) is 3.63. The molecule has 31 heavy (non-hydrogen) atoms. The largest absolute Gasteiger partial charge is 0.306 e. The van der Waals surface area contributed by atoms with E-state index >= 15 is 0 Å². The highest BCUT2D eigenvalue weighted by Crippen LogP contribution is 2.28. The van der Waals surface area contributed by atoms with Gasteiger partial charge in [-0.15, -0.1) is 0 Å². The van der Waals surface area contributed by atoms with Gasteiger partial charge in [0.05, 0.1) is 28.9 Å². The minimum absolute atomic E-state index is 0.00556. The predicted octanol–water partition coefficient (Wildman–Crippen LogP) is 2.63. The molecule has 0 saturated carbocycles. The van der Waals surface area contributed by atoms with E-state index in [0.29, 0.717) is 28.6 Å². The normalized spacial score (nSPS) is 20.6. The smallest absolute Gasteiger partial charge is 0.273 e. The van der Waals surface area contributed by atoms with Crippen molar-refractivity contribution in [3.63, 3.8) is 0 Å². The first kappa shape index (κ1) is 21.5. The molecule has 1 aromatic carbocycles. The zero-order chi connectivity index (χ0) is 22.3. The van der Waals surface area contributed by atoms with Gasteiger partial charge in [0, 0.05) is 23.9 Å². The molecular formula is C20H22ClN5O4S. The van der Waals surface area contributed by atoms with E-state index in [-0.39, 0.29) is 42.0 Å². The number of hydrazone groups is 1. The van der Waals surface area contributed by atoms with Crippen LogP contribution in [0.5, 0.6) is 0 Å². The van der Waals surface area contributed by atoms with Crippen molar-refractivity contribution in [3.8, 4) is 0 Å². The first-order valence-electron chi connectivity index (χ1n) is 9.87. The second-order valence-corrected chi connectivity index (χ2v) is 10.4. The Kier molecular flexibility index (Phi) is 5.61. The van der Waals surface area contributed by atoms with Crippen molar-refractivity contribution < 1.29 is 18.0 Å². The molecule has 0 radical (unpaired) electrons. The van der Waals surface area contributed by atoms with Crippen molar-refractivity contribution in [2.24, 2.45) is 5.10 Å². The van der Waals surface area contributed by atoms with Crippen molar-refractivity contribution in [3.05, 3.63) is 40.5 Å². The summed E-state index contributed by atoms with van der Waals surface area (Å²) in [6.07, 6.45) is 0.784. The quantitative estimate of drug-likeness (QED) is 0.748. The molecule has 0 bridgehead atoms. The Morgan fingerprint density at radius 1 is 1.23 bits per heavy atom. The first-order valence-corrected chi connectivity index (χ1v) is 12.1. The molecule has 11 heteroatoms. The zero-order valence-electron chi connectivity index (χ0n) is 17.1. The number of sulfone groups is 1. The van der Waals surface area contributed by atoms with E-state index in [1.807, 2.05) is 6.92 Å². The molecule has 4 rings (SSSR count). The van der Waals surface area contributed by atoms with Crippen LogP contribution >= 0.6 is 11.6 Å². The molecule has 1 atom stereocenters. The molecule has 1 fully saturated rings. The van der Waals surface area contributed by atoms with Gasteiger partial charge >= 0.3 is 0 Å². The highest BCUT2D eigenvalue weighted by molar-refractivity contribution is 7.91.